The third kappa shape index (κ3) is 3.87. The van der Waals surface area contributed by atoms with Crippen molar-refractivity contribution < 1.29 is 0 Å². The topological polar surface area (TPSA) is 76.0 Å². The minimum absolute atomic E-state index is 0.174. The Bertz CT molecular complexity index is 1340. The number of rotatable bonds is 6. The molecule has 6 heteroatoms. The Morgan fingerprint density at radius 2 is 1.84 bits per heavy atom. The van der Waals surface area contributed by atoms with E-state index < -0.39 is 0 Å². The van der Waals surface area contributed by atoms with Crippen molar-refractivity contribution in [1.29, 1.82) is 5.26 Å². The zero-order valence-electron chi connectivity index (χ0n) is 18.1. The zero-order valence-corrected chi connectivity index (χ0v) is 18.1. The quantitative estimate of drug-likeness (QED) is 0.476. The standard InChI is InChI=1S/C25H25N5O/c1-4-5-10-23-22(24-28-29(3)25(31)30(24)17(2)27-23)15-18-11-13-19(14-12-18)21-9-7-6-8-20(21)16-26/h6-9,11-14H,4-5,10,15H2,1-3H3. The fourth-order valence-corrected chi connectivity index (χ4v) is 3.96. The fourth-order valence-electron chi connectivity index (χ4n) is 3.96. The van der Waals surface area contributed by atoms with Crippen molar-refractivity contribution >= 4 is 5.65 Å². The molecule has 4 rings (SSSR count). The highest BCUT2D eigenvalue weighted by molar-refractivity contribution is 5.70. The molecule has 0 saturated heterocycles. The molecular weight excluding hydrogens is 386 g/mol. The third-order valence-corrected chi connectivity index (χ3v) is 5.62. The molecule has 0 N–H and O–H groups in total. The molecule has 156 valence electrons. The van der Waals surface area contributed by atoms with Crippen LogP contribution < -0.4 is 5.69 Å². The number of nitriles is 1. The predicted molar refractivity (Wildman–Crippen MR) is 121 cm³/mol. The van der Waals surface area contributed by atoms with E-state index in [1.807, 2.05) is 43.3 Å². The Hall–Kier alpha value is -3.72. The Labute approximate surface area is 181 Å². The van der Waals surface area contributed by atoms with Crippen molar-refractivity contribution in [1.82, 2.24) is 19.2 Å². The molecule has 0 bridgehead atoms. The summed E-state index contributed by atoms with van der Waals surface area (Å²) in [4.78, 5) is 17.3. The average molecular weight is 412 g/mol. The van der Waals surface area contributed by atoms with E-state index in [0.717, 1.165) is 47.2 Å². The number of unbranched alkanes of at least 4 members (excludes halogenated alkanes) is 1. The Kier molecular flexibility index (Phi) is 5.68. The highest BCUT2D eigenvalue weighted by atomic mass is 16.2. The van der Waals surface area contributed by atoms with Gasteiger partial charge in [-0.15, -0.1) is 5.10 Å². The van der Waals surface area contributed by atoms with Crippen LogP contribution in [0.25, 0.3) is 16.8 Å². The fraction of sp³-hybridized carbons (Fsp3) is 0.280. The van der Waals surface area contributed by atoms with Gasteiger partial charge in [-0.3, -0.25) is 0 Å². The highest BCUT2D eigenvalue weighted by Gasteiger charge is 2.17. The first kappa shape index (κ1) is 20.5. The van der Waals surface area contributed by atoms with Crippen molar-refractivity contribution in [2.45, 2.75) is 39.5 Å². The van der Waals surface area contributed by atoms with Crippen LogP contribution in [0.5, 0.6) is 0 Å². The number of fused-ring (bicyclic) bond motifs is 1. The van der Waals surface area contributed by atoms with Crippen LogP contribution in [0.4, 0.5) is 0 Å². The molecule has 0 aliphatic heterocycles. The van der Waals surface area contributed by atoms with E-state index in [-0.39, 0.29) is 5.69 Å². The van der Waals surface area contributed by atoms with Gasteiger partial charge in [0.25, 0.3) is 0 Å². The van der Waals surface area contributed by atoms with E-state index in [0.29, 0.717) is 23.5 Å². The molecule has 6 nitrogen and oxygen atoms in total. The molecule has 31 heavy (non-hydrogen) atoms. The second-order valence-corrected chi connectivity index (χ2v) is 7.78. The van der Waals surface area contributed by atoms with E-state index in [1.165, 1.54) is 4.68 Å². The first-order valence-corrected chi connectivity index (χ1v) is 10.6. The lowest BCUT2D eigenvalue weighted by Gasteiger charge is -2.12. The Morgan fingerprint density at radius 1 is 1.10 bits per heavy atom. The number of hydrogen-bond acceptors (Lipinski definition) is 4. The molecule has 0 spiro atoms. The van der Waals surface area contributed by atoms with E-state index in [2.05, 4.69) is 30.2 Å². The van der Waals surface area contributed by atoms with Crippen LogP contribution >= 0.6 is 0 Å². The van der Waals surface area contributed by atoms with Gasteiger partial charge in [-0.25, -0.2) is 18.9 Å². The summed E-state index contributed by atoms with van der Waals surface area (Å²) >= 11 is 0. The molecule has 2 heterocycles. The summed E-state index contributed by atoms with van der Waals surface area (Å²) in [5, 5.41) is 13.9. The van der Waals surface area contributed by atoms with Crippen LogP contribution in [-0.4, -0.2) is 19.2 Å². The summed E-state index contributed by atoms with van der Waals surface area (Å²) in [5.74, 6) is 0.673. The number of nitrogens with zero attached hydrogens (tertiary/aromatic N) is 5. The number of benzene rings is 2. The van der Waals surface area contributed by atoms with Gasteiger partial charge in [-0.2, -0.15) is 5.26 Å². The van der Waals surface area contributed by atoms with Crippen LogP contribution in [0.3, 0.4) is 0 Å². The lowest BCUT2D eigenvalue weighted by Crippen LogP contribution is -2.20. The van der Waals surface area contributed by atoms with Crippen LogP contribution in [0.15, 0.2) is 53.3 Å². The number of aromatic nitrogens is 4. The van der Waals surface area contributed by atoms with Crippen molar-refractivity contribution in [3.63, 3.8) is 0 Å². The van der Waals surface area contributed by atoms with Gasteiger partial charge in [0.15, 0.2) is 5.65 Å². The molecule has 0 aliphatic rings. The van der Waals surface area contributed by atoms with Crippen LogP contribution in [0.2, 0.25) is 0 Å². The Morgan fingerprint density at radius 3 is 2.55 bits per heavy atom. The molecule has 0 fully saturated rings. The van der Waals surface area contributed by atoms with Gasteiger partial charge < -0.3 is 0 Å². The van der Waals surface area contributed by atoms with Gasteiger partial charge in [0.05, 0.1) is 11.6 Å². The van der Waals surface area contributed by atoms with Gasteiger partial charge in [0, 0.05) is 24.7 Å². The van der Waals surface area contributed by atoms with E-state index in [9.17, 15) is 10.1 Å². The van der Waals surface area contributed by atoms with Crippen LogP contribution in [0.1, 0.15) is 48.0 Å². The van der Waals surface area contributed by atoms with E-state index in [1.54, 1.807) is 11.4 Å². The minimum Gasteiger partial charge on any atom is -0.246 e. The molecule has 2 aromatic heterocycles. The SMILES string of the molecule is CCCCc1nc(C)n2c(=O)n(C)nc2c1Cc1ccc(-c2ccccc2C#N)cc1. The van der Waals surface area contributed by atoms with Gasteiger partial charge >= 0.3 is 5.69 Å². The summed E-state index contributed by atoms with van der Waals surface area (Å²) in [5.41, 5.74) is 6.23. The first-order chi connectivity index (χ1) is 15.0. The molecule has 0 saturated carbocycles. The maximum absolute atomic E-state index is 12.5. The van der Waals surface area contributed by atoms with Crippen LogP contribution in [-0.2, 0) is 19.9 Å². The second-order valence-electron chi connectivity index (χ2n) is 7.78. The van der Waals surface area contributed by atoms with Crippen molar-refractivity contribution in [2.75, 3.05) is 0 Å². The lowest BCUT2D eigenvalue weighted by molar-refractivity contribution is 0.726. The second kappa shape index (κ2) is 8.57. The highest BCUT2D eigenvalue weighted by Crippen LogP contribution is 2.25. The molecule has 0 aliphatic carbocycles. The normalized spacial score (nSPS) is 11.0. The summed E-state index contributed by atoms with van der Waals surface area (Å²) in [6, 6.07) is 18.1. The maximum Gasteiger partial charge on any atom is 0.351 e. The zero-order chi connectivity index (χ0) is 22.0. The number of aryl methyl sites for hydroxylation is 3. The van der Waals surface area contributed by atoms with Gasteiger partial charge in [0.1, 0.15) is 5.82 Å². The van der Waals surface area contributed by atoms with Crippen molar-refractivity contribution in [2.24, 2.45) is 7.05 Å². The third-order valence-electron chi connectivity index (χ3n) is 5.62. The van der Waals surface area contributed by atoms with Crippen LogP contribution in [0, 0.1) is 18.3 Å². The smallest absolute Gasteiger partial charge is 0.246 e. The summed E-state index contributed by atoms with van der Waals surface area (Å²) in [6.07, 6.45) is 3.62. The molecule has 0 amide bonds. The van der Waals surface area contributed by atoms with Gasteiger partial charge in [-0.1, -0.05) is 55.8 Å². The molecular formula is C25H25N5O. The van der Waals surface area contributed by atoms with Crippen molar-refractivity contribution in [3.8, 4) is 17.2 Å². The molecule has 0 radical (unpaired) electrons. The lowest BCUT2D eigenvalue weighted by atomic mass is 9.96. The summed E-state index contributed by atoms with van der Waals surface area (Å²) < 4.78 is 2.97. The number of hydrogen-bond donors (Lipinski definition) is 0. The van der Waals surface area contributed by atoms with E-state index >= 15 is 0 Å². The minimum atomic E-state index is -0.174. The van der Waals surface area contributed by atoms with Gasteiger partial charge in [0.2, 0.25) is 0 Å². The summed E-state index contributed by atoms with van der Waals surface area (Å²) in [7, 11) is 1.67. The Balaban J connectivity index is 1.76. The average Bonchev–Trinajstić information content (AvgIpc) is 3.09. The monoisotopic (exact) mass is 411 g/mol. The predicted octanol–water partition coefficient (Wildman–Crippen LogP) is 4.21. The maximum atomic E-state index is 12.5. The molecule has 0 unspecified atom stereocenters. The van der Waals surface area contributed by atoms with Crippen molar-refractivity contribution in [3.05, 3.63) is 87.2 Å². The molecule has 0 atom stereocenters. The first-order valence-electron chi connectivity index (χ1n) is 10.6. The largest absolute Gasteiger partial charge is 0.351 e. The molecule has 4 aromatic rings. The summed E-state index contributed by atoms with van der Waals surface area (Å²) in [6.45, 7) is 4.02. The van der Waals surface area contributed by atoms with Gasteiger partial charge in [-0.05, 0) is 42.5 Å². The van der Waals surface area contributed by atoms with E-state index in [4.69, 9.17) is 4.98 Å². The molecule has 2 aromatic carbocycles.